The van der Waals surface area contributed by atoms with Gasteiger partial charge in [0.25, 0.3) is 18.3 Å². The average Bonchev–Trinajstić information content (AvgIpc) is 3.77. The Morgan fingerprint density at radius 2 is 1.75 bits per heavy atom. The van der Waals surface area contributed by atoms with Crippen LogP contribution in [0.5, 0.6) is 0 Å². The Balaban J connectivity index is 0.00000195. The minimum atomic E-state index is -0.800. The van der Waals surface area contributed by atoms with Crippen molar-refractivity contribution in [3.05, 3.63) is 69.3 Å². The Bertz CT molecular complexity index is 1670. The highest BCUT2D eigenvalue weighted by molar-refractivity contribution is 7.09. The Morgan fingerprint density at radius 3 is 2.42 bits per heavy atom. The normalized spacial score (nSPS) is 19.8. The molecule has 16 heteroatoms. The molecule has 0 radical (unpaired) electrons. The lowest BCUT2D eigenvalue weighted by molar-refractivity contribution is -0.145. The van der Waals surface area contributed by atoms with Crippen LogP contribution in [0.15, 0.2) is 40.1 Å². The summed E-state index contributed by atoms with van der Waals surface area (Å²) in [7, 11) is 0. The van der Waals surface area contributed by atoms with Crippen molar-refractivity contribution in [1.82, 2.24) is 35.7 Å². The van der Waals surface area contributed by atoms with Crippen molar-refractivity contribution < 1.29 is 38.2 Å². The number of nitrogens with zero attached hydrogens (tertiary/aromatic N) is 4. The third-order valence-corrected chi connectivity index (χ3v) is 9.96. The van der Waals surface area contributed by atoms with Crippen molar-refractivity contribution in [2.75, 3.05) is 45.9 Å². The number of carboxylic acid groups (broad SMARTS) is 1. The number of carbonyl (C=O) groups is 5. The van der Waals surface area contributed by atoms with E-state index in [9.17, 15) is 19.2 Å². The summed E-state index contributed by atoms with van der Waals surface area (Å²) in [6, 6.07) is 8.57. The second kappa shape index (κ2) is 18.7. The average molecular weight is 740 g/mol. The van der Waals surface area contributed by atoms with Crippen molar-refractivity contribution in [2.45, 2.75) is 71.5 Å². The topological polar surface area (TPSA) is 196 Å². The Labute approximate surface area is 307 Å². The molecule has 3 aromatic rings. The standard InChI is InChI=1S/C35H47N7O6S.CH2O2/c1-22(2)28-33-38-26(21-49-33)30(44)36-13-15-41(34(46)35(4,5)42-16-18-47-19-17-42)14-9-12-27(43)37-25(20-24-10-7-6-8-11-24)32-40-29(23(3)48-32)31(45)39-28;2-1-3/h6-8,10-11,21-22,25,28H,9,12-20H2,1-5H3,(H,36,44)(H,37,43)(H,39,45);1H,(H,2,3)/t25-,28?;/m0./s1. The van der Waals surface area contributed by atoms with Crippen LogP contribution in [0, 0.1) is 12.8 Å². The van der Waals surface area contributed by atoms with E-state index in [-0.39, 0.29) is 66.9 Å². The summed E-state index contributed by atoms with van der Waals surface area (Å²) in [5.41, 5.74) is 0.522. The molecule has 2 atom stereocenters. The second-order valence-electron chi connectivity index (χ2n) is 13.4. The lowest BCUT2D eigenvalue weighted by Gasteiger charge is -2.42. The van der Waals surface area contributed by atoms with Crippen LogP contribution in [0.4, 0.5) is 0 Å². The van der Waals surface area contributed by atoms with Crippen molar-refractivity contribution in [3.63, 3.8) is 0 Å². The first-order valence-corrected chi connectivity index (χ1v) is 18.3. The molecule has 15 nitrogen and oxygen atoms in total. The predicted molar refractivity (Wildman–Crippen MR) is 193 cm³/mol. The highest BCUT2D eigenvalue weighted by Crippen LogP contribution is 2.27. The molecular weight excluding hydrogens is 691 g/mol. The molecule has 1 unspecified atom stereocenters. The molecule has 1 saturated heterocycles. The number of amides is 4. The predicted octanol–water partition coefficient (Wildman–Crippen LogP) is 3.13. The number of aryl methyl sites for hydroxylation is 1. The molecule has 4 amide bonds. The van der Waals surface area contributed by atoms with Crippen molar-refractivity contribution in [3.8, 4) is 0 Å². The number of nitrogens with one attached hydrogen (secondary N) is 3. The van der Waals surface area contributed by atoms with Gasteiger partial charge in [0.05, 0.1) is 24.8 Å². The zero-order valence-corrected chi connectivity index (χ0v) is 31.2. The number of hydrogen-bond donors (Lipinski definition) is 4. The largest absolute Gasteiger partial charge is 0.483 e. The molecule has 5 rings (SSSR count). The minimum Gasteiger partial charge on any atom is -0.483 e. The van der Waals surface area contributed by atoms with Gasteiger partial charge in [0.15, 0.2) is 5.69 Å². The van der Waals surface area contributed by atoms with Gasteiger partial charge in [-0.25, -0.2) is 9.97 Å². The summed E-state index contributed by atoms with van der Waals surface area (Å²) in [5, 5.41) is 18.1. The molecule has 4 N–H and O–H groups in total. The van der Waals surface area contributed by atoms with Gasteiger partial charge < -0.3 is 35.1 Å². The van der Waals surface area contributed by atoms with E-state index < -0.39 is 23.5 Å². The number of thiazole rings is 1. The first-order chi connectivity index (χ1) is 24.8. The number of carbonyl (C=O) groups excluding carboxylic acids is 4. The van der Waals surface area contributed by atoms with Gasteiger partial charge >= 0.3 is 0 Å². The lowest BCUT2D eigenvalue weighted by atomic mass is 9.99. The zero-order chi connectivity index (χ0) is 37.8. The monoisotopic (exact) mass is 739 g/mol. The fraction of sp³-hybridized carbons (Fsp3) is 0.528. The van der Waals surface area contributed by atoms with Gasteiger partial charge in [-0.15, -0.1) is 11.3 Å². The molecule has 2 aliphatic heterocycles. The highest BCUT2D eigenvalue weighted by atomic mass is 32.1. The van der Waals surface area contributed by atoms with E-state index in [4.69, 9.17) is 19.1 Å². The number of benzene rings is 1. The van der Waals surface area contributed by atoms with Gasteiger partial charge in [0.1, 0.15) is 22.5 Å². The van der Waals surface area contributed by atoms with Gasteiger partial charge in [-0.1, -0.05) is 44.2 Å². The maximum Gasteiger partial charge on any atom is 0.290 e. The Kier molecular flexibility index (Phi) is 14.4. The van der Waals surface area contributed by atoms with Crippen LogP contribution in [-0.2, 0) is 25.5 Å². The number of oxazole rings is 1. The molecule has 4 bridgehead atoms. The van der Waals surface area contributed by atoms with Gasteiger partial charge in [0.2, 0.25) is 17.7 Å². The third kappa shape index (κ3) is 10.4. The van der Waals surface area contributed by atoms with E-state index in [1.165, 1.54) is 11.3 Å². The van der Waals surface area contributed by atoms with Gasteiger partial charge in [-0.05, 0) is 38.7 Å². The first-order valence-electron chi connectivity index (χ1n) is 17.4. The zero-order valence-electron chi connectivity index (χ0n) is 30.3. The summed E-state index contributed by atoms with van der Waals surface area (Å²) in [6.45, 7) is 12.3. The summed E-state index contributed by atoms with van der Waals surface area (Å²) < 4.78 is 11.5. The van der Waals surface area contributed by atoms with Gasteiger partial charge in [0, 0.05) is 50.9 Å². The molecule has 282 valence electrons. The Morgan fingerprint density at radius 1 is 1.06 bits per heavy atom. The number of rotatable bonds is 5. The quantitative estimate of drug-likeness (QED) is 0.281. The fourth-order valence-electron chi connectivity index (χ4n) is 6.14. The molecule has 1 fully saturated rings. The molecule has 52 heavy (non-hydrogen) atoms. The summed E-state index contributed by atoms with van der Waals surface area (Å²) in [5.74, 6) is -0.610. The van der Waals surface area contributed by atoms with Crippen LogP contribution in [0.1, 0.15) is 95.8 Å². The van der Waals surface area contributed by atoms with Crippen molar-refractivity contribution in [1.29, 1.82) is 0 Å². The van der Waals surface area contributed by atoms with Crippen LogP contribution in [0.3, 0.4) is 0 Å². The molecule has 2 aliphatic rings. The summed E-state index contributed by atoms with van der Waals surface area (Å²) in [4.78, 5) is 75.5. The van der Waals surface area contributed by atoms with Crippen LogP contribution >= 0.6 is 11.3 Å². The maximum atomic E-state index is 14.0. The molecule has 0 aliphatic carbocycles. The van der Waals surface area contributed by atoms with E-state index in [1.807, 2.05) is 58.0 Å². The number of ether oxygens (including phenoxy) is 1. The molecule has 4 heterocycles. The van der Waals surface area contributed by atoms with Crippen LogP contribution in [0.25, 0.3) is 0 Å². The van der Waals surface area contributed by atoms with Crippen molar-refractivity contribution in [2.24, 2.45) is 5.92 Å². The van der Waals surface area contributed by atoms with E-state index >= 15 is 0 Å². The van der Waals surface area contributed by atoms with Crippen LogP contribution < -0.4 is 16.0 Å². The SMILES string of the molecule is Cc1oc2nc1C(=O)NC(C(C)C)c1nc(cs1)C(=O)NCCN(C(=O)C(C)(C)N1CCOCC1)CCCC(=O)N[C@H]2Cc1ccccc1.O=CO. The molecule has 2 aromatic heterocycles. The summed E-state index contributed by atoms with van der Waals surface area (Å²) >= 11 is 1.29. The van der Waals surface area contributed by atoms with Gasteiger partial charge in [-0.3, -0.25) is 28.9 Å². The van der Waals surface area contributed by atoms with Crippen LogP contribution in [0.2, 0.25) is 0 Å². The number of hydrogen-bond acceptors (Lipinski definition) is 11. The van der Waals surface area contributed by atoms with E-state index in [0.29, 0.717) is 56.5 Å². The first kappa shape index (κ1) is 40.1. The molecule has 0 spiro atoms. The summed E-state index contributed by atoms with van der Waals surface area (Å²) in [6.07, 6.45) is 0.944. The second-order valence-corrected chi connectivity index (χ2v) is 14.3. The molecule has 0 saturated carbocycles. The maximum absolute atomic E-state index is 14.0. The third-order valence-electron chi connectivity index (χ3n) is 9.03. The van der Waals surface area contributed by atoms with Crippen molar-refractivity contribution >= 4 is 41.4 Å². The van der Waals surface area contributed by atoms with E-state index in [0.717, 1.165) is 5.56 Å². The number of aromatic nitrogens is 2. The van der Waals surface area contributed by atoms with E-state index in [2.05, 4.69) is 30.8 Å². The minimum absolute atomic E-state index is 0.0462. The lowest BCUT2D eigenvalue weighted by Crippen LogP contribution is -2.59. The number of fused-ring (bicyclic) bond motifs is 4. The number of morpholine rings is 1. The van der Waals surface area contributed by atoms with E-state index in [1.54, 1.807) is 17.2 Å². The fourth-order valence-corrected chi connectivity index (χ4v) is 7.16. The smallest absolute Gasteiger partial charge is 0.290 e. The highest BCUT2D eigenvalue weighted by Gasteiger charge is 2.38. The Hall–Kier alpha value is -4.67. The van der Waals surface area contributed by atoms with Gasteiger partial charge in [-0.2, -0.15) is 0 Å². The molecular formula is C36H49N7O8S. The van der Waals surface area contributed by atoms with Crippen LogP contribution in [-0.4, -0.2) is 106 Å². The molecule has 1 aromatic carbocycles.